The number of hydrogen-bond donors (Lipinski definition) is 0. The molecule has 0 bridgehead atoms. The van der Waals surface area contributed by atoms with Crippen molar-refractivity contribution < 1.29 is 23.8 Å². The van der Waals surface area contributed by atoms with E-state index in [1.165, 1.54) is 0 Å². The van der Waals surface area contributed by atoms with Gasteiger partial charge in [-0.25, -0.2) is 9.59 Å². The van der Waals surface area contributed by atoms with Crippen LogP contribution in [0.15, 0.2) is 0 Å². The quantitative estimate of drug-likeness (QED) is 0.731. The van der Waals surface area contributed by atoms with Crippen molar-refractivity contribution in [1.29, 1.82) is 0 Å². The highest BCUT2D eigenvalue weighted by Gasteiger charge is 2.55. The van der Waals surface area contributed by atoms with Crippen molar-refractivity contribution in [2.75, 3.05) is 53.4 Å². The van der Waals surface area contributed by atoms with Gasteiger partial charge >= 0.3 is 12.2 Å². The molecule has 8 nitrogen and oxygen atoms in total. The zero-order chi connectivity index (χ0) is 16.2. The number of rotatable bonds is 4. The van der Waals surface area contributed by atoms with Gasteiger partial charge in [-0.05, 0) is 0 Å². The van der Waals surface area contributed by atoms with Gasteiger partial charge in [-0.15, -0.1) is 0 Å². The van der Waals surface area contributed by atoms with Gasteiger partial charge in [-0.2, -0.15) is 0 Å². The molecule has 4 fully saturated rings. The summed E-state index contributed by atoms with van der Waals surface area (Å²) in [5, 5.41) is 0. The maximum absolute atomic E-state index is 12.0. The van der Waals surface area contributed by atoms with Crippen molar-refractivity contribution in [2.45, 2.75) is 30.1 Å². The largest absolute Gasteiger partial charge is 0.441 e. The van der Waals surface area contributed by atoms with Gasteiger partial charge in [0.1, 0.15) is 5.60 Å². The Hall–Kier alpha value is -1.54. The van der Waals surface area contributed by atoms with Gasteiger partial charge in [0.2, 0.25) is 0 Å². The molecule has 3 saturated heterocycles. The summed E-state index contributed by atoms with van der Waals surface area (Å²) in [6.45, 7) is 4.21. The number of carbonyl (C=O) groups is 2. The number of nitrogens with zero attached hydrogens (tertiary/aromatic N) is 3. The van der Waals surface area contributed by atoms with E-state index >= 15 is 0 Å². The first-order valence-corrected chi connectivity index (χ1v) is 8.10. The van der Waals surface area contributed by atoms with E-state index in [0.29, 0.717) is 19.6 Å². The summed E-state index contributed by atoms with van der Waals surface area (Å²) >= 11 is 0. The molecule has 4 rings (SSSR count). The van der Waals surface area contributed by atoms with Crippen LogP contribution in [-0.4, -0.2) is 97.6 Å². The van der Waals surface area contributed by atoms with Crippen LogP contribution in [0.1, 0.15) is 12.8 Å². The first-order valence-electron chi connectivity index (χ1n) is 8.10. The molecule has 0 N–H and O–H groups in total. The topological polar surface area (TPSA) is 71.5 Å². The Morgan fingerprint density at radius 2 is 1.74 bits per heavy atom. The number of likely N-dealkylation sites (tertiary alicyclic amines) is 1. The minimum atomic E-state index is -0.335. The van der Waals surface area contributed by atoms with Gasteiger partial charge in [0.15, 0.2) is 5.60 Å². The fourth-order valence-electron chi connectivity index (χ4n) is 4.16. The summed E-state index contributed by atoms with van der Waals surface area (Å²) in [7, 11) is 3.45. The van der Waals surface area contributed by atoms with Crippen molar-refractivity contribution in [1.82, 2.24) is 14.7 Å². The van der Waals surface area contributed by atoms with Gasteiger partial charge < -0.3 is 24.0 Å². The van der Waals surface area contributed by atoms with Crippen molar-refractivity contribution in [3.8, 4) is 0 Å². The minimum absolute atomic E-state index is 0.215. The lowest BCUT2D eigenvalue weighted by Gasteiger charge is -2.46. The molecule has 23 heavy (non-hydrogen) atoms. The highest BCUT2D eigenvalue weighted by Crippen LogP contribution is 2.42. The molecule has 128 valence electrons. The Kier molecular flexibility index (Phi) is 3.25. The Bertz CT molecular complexity index is 527. The zero-order valence-corrected chi connectivity index (χ0v) is 13.6. The van der Waals surface area contributed by atoms with Crippen molar-refractivity contribution in [3.05, 3.63) is 0 Å². The second-order valence-corrected chi connectivity index (χ2v) is 7.36. The van der Waals surface area contributed by atoms with E-state index in [4.69, 9.17) is 14.2 Å². The van der Waals surface area contributed by atoms with Crippen LogP contribution in [-0.2, 0) is 14.2 Å². The predicted octanol–water partition coefficient (Wildman–Crippen LogP) is 0.123. The van der Waals surface area contributed by atoms with Crippen LogP contribution in [0.4, 0.5) is 9.59 Å². The van der Waals surface area contributed by atoms with E-state index in [9.17, 15) is 9.59 Å². The number of amides is 2. The molecule has 1 saturated carbocycles. The normalized spacial score (nSPS) is 35.5. The maximum atomic E-state index is 12.0. The first-order chi connectivity index (χ1) is 10.9. The SMILES string of the molecule is COC1CC2(C1)CN(CCN1CC3(C1)CN(C)C(=O)O3)C(=O)O2. The molecule has 0 aromatic rings. The third-order valence-electron chi connectivity index (χ3n) is 5.42. The fourth-order valence-corrected chi connectivity index (χ4v) is 4.16. The van der Waals surface area contributed by atoms with E-state index < -0.39 is 0 Å². The van der Waals surface area contributed by atoms with E-state index in [1.807, 2.05) is 0 Å². The Labute approximate surface area is 135 Å². The molecule has 0 unspecified atom stereocenters. The minimum Gasteiger partial charge on any atom is -0.441 e. The van der Waals surface area contributed by atoms with E-state index in [-0.39, 0.29) is 29.5 Å². The molecule has 0 atom stereocenters. The Morgan fingerprint density at radius 3 is 2.35 bits per heavy atom. The summed E-state index contributed by atoms with van der Waals surface area (Å²) in [4.78, 5) is 29.1. The lowest BCUT2D eigenvalue weighted by Crippen LogP contribution is -2.64. The second-order valence-electron chi connectivity index (χ2n) is 7.36. The second kappa shape index (κ2) is 4.98. The van der Waals surface area contributed by atoms with Crippen LogP contribution >= 0.6 is 0 Å². The van der Waals surface area contributed by atoms with Crippen LogP contribution < -0.4 is 0 Å². The fraction of sp³-hybridized carbons (Fsp3) is 0.867. The molecule has 0 radical (unpaired) electrons. The predicted molar refractivity (Wildman–Crippen MR) is 79.1 cm³/mol. The Morgan fingerprint density at radius 1 is 1.04 bits per heavy atom. The standard InChI is InChI=1S/C15H23N3O5/c1-16-7-15(22-12(16)19)8-17(9-15)3-4-18-10-14(23-13(18)20)5-11(6-14)21-2/h11H,3-10H2,1-2H3. The molecular formula is C15H23N3O5. The Balaban J connectivity index is 1.23. The molecular weight excluding hydrogens is 302 g/mol. The molecule has 3 aliphatic heterocycles. The zero-order valence-electron chi connectivity index (χ0n) is 13.6. The first kappa shape index (κ1) is 15.0. The lowest BCUT2D eigenvalue weighted by atomic mass is 9.77. The van der Waals surface area contributed by atoms with Gasteiger partial charge in [0.25, 0.3) is 0 Å². The lowest BCUT2D eigenvalue weighted by molar-refractivity contribution is -0.107. The summed E-state index contributed by atoms with van der Waals surface area (Å²) < 4.78 is 16.3. The van der Waals surface area contributed by atoms with Crippen LogP contribution in [0.3, 0.4) is 0 Å². The van der Waals surface area contributed by atoms with Crippen molar-refractivity contribution in [2.24, 2.45) is 0 Å². The average molecular weight is 325 g/mol. The van der Waals surface area contributed by atoms with Gasteiger partial charge in [-0.3, -0.25) is 4.90 Å². The highest BCUT2D eigenvalue weighted by molar-refractivity contribution is 5.71. The molecule has 2 spiro atoms. The molecule has 3 heterocycles. The number of likely N-dealkylation sites (N-methyl/N-ethyl adjacent to an activating group) is 1. The average Bonchev–Trinajstić information content (AvgIpc) is 2.92. The molecule has 2 amide bonds. The van der Waals surface area contributed by atoms with Gasteiger partial charge in [-0.1, -0.05) is 0 Å². The summed E-state index contributed by atoms with van der Waals surface area (Å²) in [6, 6.07) is 0. The third kappa shape index (κ3) is 2.44. The maximum Gasteiger partial charge on any atom is 0.410 e. The van der Waals surface area contributed by atoms with Gasteiger partial charge in [0, 0.05) is 53.2 Å². The molecule has 0 aromatic heterocycles. The number of carbonyl (C=O) groups excluding carboxylic acids is 2. The highest BCUT2D eigenvalue weighted by atomic mass is 16.6. The number of hydrogen-bond acceptors (Lipinski definition) is 6. The van der Waals surface area contributed by atoms with Crippen molar-refractivity contribution in [3.63, 3.8) is 0 Å². The molecule has 0 aromatic carbocycles. The third-order valence-corrected chi connectivity index (χ3v) is 5.42. The van der Waals surface area contributed by atoms with E-state index in [2.05, 4.69) is 4.90 Å². The van der Waals surface area contributed by atoms with E-state index in [0.717, 1.165) is 32.5 Å². The van der Waals surface area contributed by atoms with Gasteiger partial charge in [0.05, 0.1) is 19.2 Å². The smallest absolute Gasteiger partial charge is 0.410 e. The van der Waals surface area contributed by atoms with Crippen LogP contribution in [0.25, 0.3) is 0 Å². The monoisotopic (exact) mass is 325 g/mol. The molecule has 4 aliphatic rings. The van der Waals surface area contributed by atoms with Crippen molar-refractivity contribution >= 4 is 12.2 Å². The summed E-state index contributed by atoms with van der Waals surface area (Å²) in [5.41, 5.74) is -0.657. The van der Waals surface area contributed by atoms with Crippen LogP contribution in [0, 0.1) is 0 Å². The number of methoxy groups -OCH3 is 1. The molecule has 1 aliphatic carbocycles. The summed E-state index contributed by atoms with van der Waals surface area (Å²) in [6.07, 6.45) is 1.34. The summed E-state index contributed by atoms with van der Waals surface area (Å²) in [5.74, 6) is 0. The molecule has 8 heteroatoms. The van der Waals surface area contributed by atoms with Crippen LogP contribution in [0.2, 0.25) is 0 Å². The van der Waals surface area contributed by atoms with E-state index in [1.54, 1.807) is 24.0 Å². The van der Waals surface area contributed by atoms with Crippen LogP contribution in [0.5, 0.6) is 0 Å². The number of ether oxygens (including phenoxy) is 3.